The van der Waals surface area contributed by atoms with E-state index >= 15 is 0 Å². The Morgan fingerprint density at radius 3 is 2.62 bits per heavy atom. The molecule has 1 unspecified atom stereocenters. The third kappa shape index (κ3) is 4.67. The van der Waals surface area contributed by atoms with E-state index in [-0.39, 0.29) is 0 Å². The second-order valence-electron chi connectivity index (χ2n) is 4.19. The monoisotopic (exact) mass is 283 g/mol. The largest absolute Gasteiger partial charge is 0.314 e. The summed E-state index contributed by atoms with van der Waals surface area (Å²) in [5.41, 5.74) is 1.41. The summed E-state index contributed by atoms with van der Waals surface area (Å²) in [6.07, 6.45) is 4.97. The van der Waals surface area contributed by atoms with Gasteiger partial charge in [0.2, 0.25) is 0 Å². The summed E-state index contributed by atoms with van der Waals surface area (Å²) in [5, 5.41) is 3.57. The minimum Gasteiger partial charge on any atom is -0.314 e. The average molecular weight is 284 g/mol. The summed E-state index contributed by atoms with van der Waals surface area (Å²) >= 11 is 3.62. The molecule has 0 aromatic heterocycles. The fourth-order valence-corrected chi connectivity index (χ4v) is 2.39. The molecule has 1 aromatic rings. The molecule has 0 saturated carbocycles. The smallest absolute Gasteiger partial charge is 0.0207 e. The molecule has 1 rings (SSSR count). The summed E-state index contributed by atoms with van der Waals surface area (Å²) in [4.78, 5) is 0. The first-order valence-electron chi connectivity index (χ1n) is 6.24. The molecule has 1 nitrogen and oxygen atoms in total. The predicted octanol–water partition coefficient (Wildman–Crippen LogP) is 4.16. The lowest BCUT2D eigenvalue weighted by Gasteiger charge is -2.18. The third-order valence-corrected chi connectivity index (χ3v) is 3.60. The third-order valence-electron chi connectivity index (χ3n) is 2.82. The summed E-state index contributed by atoms with van der Waals surface area (Å²) in [6.45, 7) is 5.49. The van der Waals surface area contributed by atoms with Crippen LogP contribution in [0.2, 0.25) is 0 Å². The molecule has 0 aliphatic heterocycles. The van der Waals surface area contributed by atoms with E-state index in [2.05, 4.69) is 59.4 Å². The summed E-state index contributed by atoms with van der Waals surface area (Å²) < 4.78 is 1.23. The van der Waals surface area contributed by atoms with Gasteiger partial charge in [-0.3, -0.25) is 0 Å². The molecule has 90 valence electrons. The molecule has 0 aliphatic carbocycles. The van der Waals surface area contributed by atoms with Crippen molar-refractivity contribution in [2.24, 2.45) is 0 Å². The van der Waals surface area contributed by atoms with Crippen LogP contribution in [0.15, 0.2) is 28.7 Å². The van der Waals surface area contributed by atoms with Crippen LogP contribution < -0.4 is 5.32 Å². The van der Waals surface area contributed by atoms with Crippen LogP contribution in [0.25, 0.3) is 0 Å². The van der Waals surface area contributed by atoms with Crippen molar-refractivity contribution in [1.29, 1.82) is 0 Å². The standard InChI is InChI=1S/C14H22BrN/c1-3-5-9-13(16-4-2)11-12-8-6-7-10-14(12)15/h6-8,10,13,16H,3-5,9,11H2,1-2H3. The molecule has 16 heavy (non-hydrogen) atoms. The molecule has 1 atom stereocenters. The number of halogens is 1. The highest BCUT2D eigenvalue weighted by Gasteiger charge is 2.09. The van der Waals surface area contributed by atoms with Gasteiger partial charge in [0.05, 0.1) is 0 Å². The second kappa shape index (κ2) is 7.86. The molecule has 0 bridgehead atoms. The van der Waals surface area contributed by atoms with Crippen LogP contribution in [0.1, 0.15) is 38.7 Å². The van der Waals surface area contributed by atoms with Crippen molar-refractivity contribution in [3.8, 4) is 0 Å². The topological polar surface area (TPSA) is 12.0 Å². The fraction of sp³-hybridized carbons (Fsp3) is 0.571. The van der Waals surface area contributed by atoms with Gasteiger partial charge >= 0.3 is 0 Å². The molecule has 0 saturated heterocycles. The van der Waals surface area contributed by atoms with Crippen molar-refractivity contribution in [2.75, 3.05) is 6.54 Å². The maximum atomic E-state index is 3.62. The molecule has 0 fully saturated rings. The molecule has 1 N–H and O–H groups in total. The average Bonchev–Trinajstić information content (AvgIpc) is 2.29. The second-order valence-corrected chi connectivity index (χ2v) is 5.05. The quantitative estimate of drug-likeness (QED) is 0.792. The van der Waals surface area contributed by atoms with Gasteiger partial charge in [-0.1, -0.05) is 60.8 Å². The lowest BCUT2D eigenvalue weighted by atomic mass is 10.0. The molecule has 2 heteroatoms. The van der Waals surface area contributed by atoms with Gasteiger partial charge in [0, 0.05) is 10.5 Å². The lowest BCUT2D eigenvalue weighted by molar-refractivity contribution is 0.473. The Labute approximate surface area is 108 Å². The normalized spacial score (nSPS) is 12.7. The first-order valence-corrected chi connectivity index (χ1v) is 7.04. The van der Waals surface area contributed by atoms with Crippen LogP contribution in [0.4, 0.5) is 0 Å². The van der Waals surface area contributed by atoms with Crippen LogP contribution >= 0.6 is 15.9 Å². The number of likely N-dealkylation sites (N-methyl/N-ethyl adjacent to an activating group) is 1. The molecule has 0 radical (unpaired) electrons. The fourth-order valence-electron chi connectivity index (χ4n) is 1.94. The van der Waals surface area contributed by atoms with Gasteiger partial charge in [0.25, 0.3) is 0 Å². The number of unbranched alkanes of at least 4 members (excludes halogenated alkanes) is 1. The zero-order valence-corrected chi connectivity index (χ0v) is 11.9. The van der Waals surface area contributed by atoms with Gasteiger partial charge in [-0.25, -0.2) is 0 Å². The summed E-state index contributed by atoms with van der Waals surface area (Å²) in [5.74, 6) is 0. The summed E-state index contributed by atoms with van der Waals surface area (Å²) in [6, 6.07) is 9.13. The van der Waals surface area contributed by atoms with Crippen LogP contribution in [0, 0.1) is 0 Å². The van der Waals surface area contributed by atoms with E-state index in [4.69, 9.17) is 0 Å². The van der Waals surface area contributed by atoms with Crippen molar-refractivity contribution in [3.05, 3.63) is 34.3 Å². The Morgan fingerprint density at radius 2 is 2.00 bits per heavy atom. The van der Waals surface area contributed by atoms with Gasteiger partial charge in [-0.2, -0.15) is 0 Å². The van der Waals surface area contributed by atoms with Crippen LogP contribution in [-0.2, 0) is 6.42 Å². The Hall–Kier alpha value is -0.340. The molecular weight excluding hydrogens is 262 g/mol. The zero-order valence-electron chi connectivity index (χ0n) is 10.3. The molecular formula is C14H22BrN. The molecule has 0 amide bonds. The highest BCUT2D eigenvalue weighted by atomic mass is 79.9. The first-order chi connectivity index (χ1) is 7.77. The minimum atomic E-state index is 0.614. The number of rotatable bonds is 7. The van der Waals surface area contributed by atoms with E-state index in [1.54, 1.807) is 0 Å². The Balaban J connectivity index is 2.56. The van der Waals surface area contributed by atoms with E-state index in [0.29, 0.717) is 6.04 Å². The molecule has 1 aromatic carbocycles. The minimum absolute atomic E-state index is 0.614. The van der Waals surface area contributed by atoms with E-state index in [0.717, 1.165) is 13.0 Å². The Kier molecular flexibility index (Phi) is 6.74. The van der Waals surface area contributed by atoms with Crippen molar-refractivity contribution in [2.45, 2.75) is 45.6 Å². The number of hydrogen-bond acceptors (Lipinski definition) is 1. The SMILES string of the molecule is CCCCC(Cc1ccccc1Br)NCC. The highest BCUT2D eigenvalue weighted by Crippen LogP contribution is 2.18. The van der Waals surface area contributed by atoms with Gasteiger partial charge in [-0.05, 0) is 31.0 Å². The van der Waals surface area contributed by atoms with Gasteiger partial charge in [0.1, 0.15) is 0 Å². The number of hydrogen-bond donors (Lipinski definition) is 1. The van der Waals surface area contributed by atoms with Crippen molar-refractivity contribution in [3.63, 3.8) is 0 Å². The van der Waals surface area contributed by atoms with Crippen LogP contribution in [0.5, 0.6) is 0 Å². The predicted molar refractivity (Wildman–Crippen MR) is 74.8 cm³/mol. The van der Waals surface area contributed by atoms with Gasteiger partial charge in [-0.15, -0.1) is 0 Å². The number of nitrogens with one attached hydrogen (secondary N) is 1. The van der Waals surface area contributed by atoms with Gasteiger partial charge < -0.3 is 5.32 Å². The molecule has 0 aliphatic rings. The van der Waals surface area contributed by atoms with E-state index in [1.807, 2.05) is 0 Å². The van der Waals surface area contributed by atoms with E-state index < -0.39 is 0 Å². The zero-order chi connectivity index (χ0) is 11.8. The molecule has 0 spiro atoms. The Morgan fingerprint density at radius 1 is 1.25 bits per heavy atom. The van der Waals surface area contributed by atoms with E-state index in [1.165, 1.54) is 29.3 Å². The Bertz CT molecular complexity index is 299. The van der Waals surface area contributed by atoms with Gasteiger partial charge in [0.15, 0.2) is 0 Å². The van der Waals surface area contributed by atoms with Crippen molar-refractivity contribution < 1.29 is 0 Å². The summed E-state index contributed by atoms with van der Waals surface area (Å²) in [7, 11) is 0. The van der Waals surface area contributed by atoms with Crippen molar-refractivity contribution in [1.82, 2.24) is 5.32 Å². The lowest BCUT2D eigenvalue weighted by Crippen LogP contribution is -2.31. The molecule has 0 heterocycles. The van der Waals surface area contributed by atoms with Crippen LogP contribution in [0.3, 0.4) is 0 Å². The van der Waals surface area contributed by atoms with E-state index in [9.17, 15) is 0 Å². The number of benzene rings is 1. The maximum Gasteiger partial charge on any atom is 0.0207 e. The van der Waals surface area contributed by atoms with Crippen LogP contribution in [-0.4, -0.2) is 12.6 Å². The maximum absolute atomic E-state index is 3.62. The first kappa shape index (κ1) is 13.7. The van der Waals surface area contributed by atoms with Crippen molar-refractivity contribution >= 4 is 15.9 Å². The highest BCUT2D eigenvalue weighted by molar-refractivity contribution is 9.10.